The molecule has 0 bridgehead atoms. The Bertz CT molecular complexity index is 524. The van der Waals surface area contributed by atoms with E-state index in [1.54, 1.807) is 12.4 Å². The fourth-order valence-corrected chi connectivity index (χ4v) is 2.52. The van der Waals surface area contributed by atoms with Gasteiger partial charge in [-0.15, -0.1) is 0 Å². The van der Waals surface area contributed by atoms with Crippen molar-refractivity contribution in [3.8, 4) is 0 Å². The summed E-state index contributed by atoms with van der Waals surface area (Å²) in [6, 6.07) is 6.29. The van der Waals surface area contributed by atoms with Crippen LogP contribution in [-0.2, 0) is 0 Å². The van der Waals surface area contributed by atoms with Crippen molar-refractivity contribution >= 4 is 11.0 Å². The number of nitrogens with zero attached hydrogens (tertiary/aromatic N) is 2. The minimum Gasteiger partial charge on any atom is -0.324 e. The standard InChI is InChI=1S/C17H25N3/c1-2-3-4-5-6-7-8-15(18)14-9-10-16-17(13-14)20-12-11-19-16/h9-13,15H,2-8,18H2,1H3. The van der Waals surface area contributed by atoms with Gasteiger partial charge in [-0.2, -0.15) is 0 Å². The maximum absolute atomic E-state index is 6.28. The molecule has 2 aromatic rings. The van der Waals surface area contributed by atoms with Crippen molar-refractivity contribution < 1.29 is 0 Å². The number of fused-ring (bicyclic) bond motifs is 1. The number of rotatable bonds is 8. The summed E-state index contributed by atoms with van der Waals surface area (Å²) in [5.74, 6) is 0. The maximum atomic E-state index is 6.28. The molecule has 1 aromatic heterocycles. The molecule has 0 amide bonds. The van der Waals surface area contributed by atoms with E-state index < -0.39 is 0 Å². The Balaban J connectivity index is 1.83. The lowest BCUT2D eigenvalue weighted by molar-refractivity contribution is 0.547. The van der Waals surface area contributed by atoms with Crippen molar-refractivity contribution in [2.45, 2.75) is 57.9 Å². The van der Waals surface area contributed by atoms with Crippen molar-refractivity contribution in [3.05, 3.63) is 36.2 Å². The minimum atomic E-state index is 0.118. The van der Waals surface area contributed by atoms with Gasteiger partial charge in [0, 0.05) is 18.4 Å². The van der Waals surface area contributed by atoms with Crippen LogP contribution in [0.1, 0.15) is 63.5 Å². The van der Waals surface area contributed by atoms with E-state index in [-0.39, 0.29) is 6.04 Å². The normalized spacial score (nSPS) is 12.7. The Morgan fingerprint density at radius 1 is 0.950 bits per heavy atom. The number of benzene rings is 1. The maximum Gasteiger partial charge on any atom is 0.0890 e. The molecule has 108 valence electrons. The average Bonchev–Trinajstić information content (AvgIpc) is 2.50. The van der Waals surface area contributed by atoms with Gasteiger partial charge in [-0.25, -0.2) is 0 Å². The van der Waals surface area contributed by atoms with Crippen molar-refractivity contribution in [2.75, 3.05) is 0 Å². The van der Waals surface area contributed by atoms with Crippen molar-refractivity contribution in [1.29, 1.82) is 0 Å². The molecule has 20 heavy (non-hydrogen) atoms. The zero-order chi connectivity index (χ0) is 14.2. The van der Waals surface area contributed by atoms with Crippen LogP contribution in [0.25, 0.3) is 11.0 Å². The van der Waals surface area contributed by atoms with Gasteiger partial charge >= 0.3 is 0 Å². The second-order valence-corrected chi connectivity index (χ2v) is 5.47. The Hall–Kier alpha value is -1.48. The SMILES string of the molecule is CCCCCCCCC(N)c1ccc2nccnc2c1. The predicted molar refractivity (Wildman–Crippen MR) is 84.5 cm³/mol. The number of hydrogen-bond acceptors (Lipinski definition) is 3. The molecule has 1 aromatic carbocycles. The first-order valence-corrected chi connectivity index (χ1v) is 7.77. The molecule has 1 unspecified atom stereocenters. The molecule has 3 nitrogen and oxygen atoms in total. The molecule has 0 aliphatic carbocycles. The van der Waals surface area contributed by atoms with E-state index in [1.165, 1.54) is 44.1 Å². The topological polar surface area (TPSA) is 51.8 Å². The fraction of sp³-hybridized carbons (Fsp3) is 0.529. The van der Waals surface area contributed by atoms with Crippen molar-refractivity contribution in [3.63, 3.8) is 0 Å². The molecule has 0 saturated carbocycles. The molecular formula is C17H25N3. The van der Waals surface area contributed by atoms with E-state index in [0.29, 0.717) is 0 Å². The summed E-state index contributed by atoms with van der Waals surface area (Å²) in [6.07, 6.45) is 12.4. The lowest BCUT2D eigenvalue weighted by Gasteiger charge is -2.12. The fourth-order valence-electron chi connectivity index (χ4n) is 2.52. The Morgan fingerprint density at radius 3 is 2.45 bits per heavy atom. The number of aromatic nitrogens is 2. The minimum absolute atomic E-state index is 0.118. The molecule has 0 spiro atoms. The third-order valence-corrected chi connectivity index (χ3v) is 3.79. The zero-order valence-corrected chi connectivity index (χ0v) is 12.4. The van der Waals surface area contributed by atoms with E-state index in [9.17, 15) is 0 Å². The van der Waals surface area contributed by atoms with E-state index in [4.69, 9.17) is 5.73 Å². The van der Waals surface area contributed by atoms with E-state index >= 15 is 0 Å². The molecule has 2 N–H and O–H groups in total. The summed E-state index contributed by atoms with van der Waals surface area (Å²) in [5.41, 5.74) is 9.32. The van der Waals surface area contributed by atoms with Crippen LogP contribution in [0.3, 0.4) is 0 Å². The van der Waals surface area contributed by atoms with Crippen LogP contribution in [-0.4, -0.2) is 9.97 Å². The summed E-state index contributed by atoms with van der Waals surface area (Å²) in [6.45, 7) is 2.25. The molecule has 0 aliphatic heterocycles. The summed E-state index contributed by atoms with van der Waals surface area (Å²) in [4.78, 5) is 8.62. The zero-order valence-electron chi connectivity index (χ0n) is 12.4. The molecule has 0 radical (unpaired) electrons. The molecule has 0 aliphatic rings. The Morgan fingerprint density at radius 2 is 1.65 bits per heavy atom. The lowest BCUT2D eigenvalue weighted by atomic mass is 10.00. The van der Waals surface area contributed by atoms with Crippen LogP contribution < -0.4 is 5.73 Å². The van der Waals surface area contributed by atoms with Crippen LogP contribution in [0.15, 0.2) is 30.6 Å². The molecule has 3 heteroatoms. The molecular weight excluding hydrogens is 246 g/mol. The second kappa shape index (κ2) is 7.95. The van der Waals surface area contributed by atoms with Gasteiger partial charge < -0.3 is 5.73 Å². The van der Waals surface area contributed by atoms with Crippen molar-refractivity contribution in [2.24, 2.45) is 5.73 Å². The quantitative estimate of drug-likeness (QED) is 0.725. The summed E-state index contributed by atoms with van der Waals surface area (Å²) in [5, 5.41) is 0. The van der Waals surface area contributed by atoms with Gasteiger partial charge in [0.05, 0.1) is 11.0 Å². The van der Waals surface area contributed by atoms with E-state index in [1.807, 2.05) is 6.07 Å². The largest absolute Gasteiger partial charge is 0.324 e. The summed E-state index contributed by atoms with van der Waals surface area (Å²) < 4.78 is 0. The molecule has 0 saturated heterocycles. The number of nitrogens with two attached hydrogens (primary N) is 1. The third-order valence-electron chi connectivity index (χ3n) is 3.79. The first-order valence-electron chi connectivity index (χ1n) is 7.77. The smallest absolute Gasteiger partial charge is 0.0890 e. The third kappa shape index (κ3) is 4.27. The van der Waals surface area contributed by atoms with Gasteiger partial charge in [0.25, 0.3) is 0 Å². The monoisotopic (exact) mass is 271 g/mol. The van der Waals surface area contributed by atoms with Crippen molar-refractivity contribution in [1.82, 2.24) is 9.97 Å². The van der Waals surface area contributed by atoms with Gasteiger partial charge in [0.2, 0.25) is 0 Å². The molecule has 1 heterocycles. The van der Waals surface area contributed by atoms with Crippen LogP contribution in [0.5, 0.6) is 0 Å². The average molecular weight is 271 g/mol. The lowest BCUT2D eigenvalue weighted by Crippen LogP contribution is -2.10. The Kier molecular flexibility index (Phi) is 5.93. The van der Waals surface area contributed by atoms with E-state index in [2.05, 4.69) is 29.0 Å². The number of hydrogen-bond donors (Lipinski definition) is 1. The highest BCUT2D eigenvalue weighted by atomic mass is 14.8. The summed E-state index contributed by atoms with van der Waals surface area (Å²) in [7, 11) is 0. The molecule has 1 atom stereocenters. The predicted octanol–water partition coefficient (Wildman–Crippen LogP) is 4.38. The van der Waals surface area contributed by atoms with Gasteiger partial charge in [0.1, 0.15) is 0 Å². The van der Waals surface area contributed by atoms with Crippen LogP contribution in [0, 0.1) is 0 Å². The number of unbranched alkanes of at least 4 members (excludes halogenated alkanes) is 5. The van der Waals surface area contributed by atoms with Gasteiger partial charge in [0.15, 0.2) is 0 Å². The summed E-state index contributed by atoms with van der Waals surface area (Å²) >= 11 is 0. The van der Waals surface area contributed by atoms with Crippen LogP contribution >= 0.6 is 0 Å². The van der Waals surface area contributed by atoms with Crippen LogP contribution in [0.4, 0.5) is 0 Å². The van der Waals surface area contributed by atoms with Crippen LogP contribution in [0.2, 0.25) is 0 Å². The molecule has 0 fully saturated rings. The first-order chi connectivity index (χ1) is 9.81. The second-order valence-electron chi connectivity index (χ2n) is 5.47. The highest BCUT2D eigenvalue weighted by Crippen LogP contribution is 2.21. The van der Waals surface area contributed by atoms with Gasteiger partial charge in [-0.1, -0.05) is 51.5 Å². The van der Waals surface area contributed by atoms with Gasteiger partial charge in [-0.3, -0.25) is 9.97 Å². The highest BCUT2D eigenvalue weighted by molar-refractivity contribution is 5.74. The van der Waals surface area contributed by atoms with Gasteiger partial charge in [-0.05, 0) is 24.1 Å². The first kappa shape index (κ1) is 14.9. The highest BCUT2D eigenvalue weighted by Gasteiger charge is 2.07. The molecule has 2 rings (SSSR count). The Labute approximate surface area is 121 Å². The van der Waals surface area contributed by atoms with E-state index in [0.717, 1.165) is 17.5 Å².